The third kappa shape index (κ3) is 3.87. The van der Waals surface area contributed by atoms with Gasteiger partial charge in [0.15, 0.2) is 5.69 Å². The second-order valence-electron chi connectivity index (χ2n) is 6.95. The van der Waals surface area contributed by atoms with E-state index in [0.717, 1.165) is 22.9 Å². The van der Waals surface area contributed by atoms with E-state index in [9.17, 15) is 4.79 Å². The molecular weight excluding hydrogens is 369 g/mol. The number of rotatable bonds is 5. The second-order valence-corrected chi connectivity index (χ2v) is 7.79. The fraction of sp³-hybridized carbons (Fsp3) is 0.300. The van der Waals surface area contributed by atoms with E-state index >= 15 is 0 Å². The molecule has 1 amide bonds. The lowest BCUT2D eigenvalue weighted by molar-refractivity contribution is 0.0907. The Kier molecular flexibility index (Phi) is 5.26. The van der Waals surface area contributed by atoms with Gasteiger partial charge in [0.05, 0.1) is 12.1 Å². The molecule has 0 bridgehead atoms. The molecular formula is C20H21Cl2N3O. The number of halogens is 2. The third-order valence-electron chi connectivity index (χ3n) is 4.54. The van der Waals surface area contributed by atoms with Gasteiger partial charge in [0.1, 0.15) is 0 Å². The summed E-state index contributed by atoms with van der Waals surface area (Å²) in [6, 6.07) is 13.1. The van der Waals surface area contributed by atoms with Crippen molar-refractivity contribution in [3.63, 3.8) is 0 Å². The van der Waals surface area contributed by atoms with Crippen LogP contribution in [-0.2, 0) is 6.54 Å². The molecule has 0 aliphatic rings. The highest BCUT2D eigenvalue weighted by Crippen LogP contribution is 2.25. The summed E-state index contributed by atoms with van der Waals surface area (Å²) >= 11 is 12.3. The first-order valence-corrected chi connectivity index (χ1v) is 9.28. The minimum atomic E-state index is -0.290. The Bertz CT molecular complexity index is 963. The Morgan fingerprint density at radius 3 is 2.62 bits per heavy atom. The summed E-state index contributed by atoms with van der Waals surface area (Å²) < 4.78 is 1.80. The number of amides is 1. The number of nitrogens with one attached hydrogen (secondary N) is 1. The molecule has 1 aromatic heterocycles. The molecule has 4 nitrogen and oxygen atoms in total. The zero-order chi connectivity index (χ0) is 18.9. The zero-order valence-electron chi connectivity index (χ0n) is 15.0. The molecule has 136 valence electrons. The van der Waals surface area contributed by atoms with Crippen molar-refractivity contribution >= 4 is 40.0 Å². The van der Waals surface area contributed by atoms with Crippen LogP contribution >= 0.6 is 23.2 Å². The number of hydrogen-bond acceptors (Lipinski definition) is 2. The number of carbonyl (C=O) groups excluding carboxylic acids is 1. The van der Waals surface area contributed by atoms with Crippen molar-refractivity contribution in [3.05, 3.63) is 63.8 Å². The molecule has 1 N–H and O–H groups in total. The molecule has 3 rings (SSSR count). The maximum absolute atomic E-state index is 12.8. The smallest absolute Gasteiger partial charge is 0.272 e. The van der Waals surface area contributed by atoms with Gasteiger partial charge >= 0.3 is 0 Å². The van der Waals surface area contributed by atoms with E-state index in [1.807, 2.05) is 51.1 Å². The van der Waals surface area contributed by atoms with Crippen LogP contribution in [0.2, 0.25) is 10.0 Å². The molecule has 0 radical (unpaired) electrons. The van der Waals surface area contributed by atoms with Crippen molar-refractivity contribution in [3.8, 4) is 0 Å². The maximum atomic E-state index is 12.8. The van der Waals surface area contributed by atoms with Crippen LogP contribution in [0.5, 0.6) is 0 Å². The average molecular weight is 390 g/mol. The standard InChI is InChI=1S/C20H21Cl2N3O/c1-4-20(2,3)23-19(26)18-15-7-5-6-8-17(15)25(24-18)12-13-9-10-14(21)11-16(13)22/h5-11H,4,12H2,1-3H3,(H,23,26). The number of hydrogen-bond donors (Lipinski definition) is 1. The predicted octanol–water partition coefficient (Wildman–Crippen LogP) is 5.31. The molecule has 2 aromatic carbocycles. The van der Waals surface area contributed by atoms with E-state index < -0.39 is 0 Å². The minimum absolute atomic E-state index is 0.172. The summed E-state index contributed by atoms with van der Waals surface area (Å²) in [5, 5.41) is 9.62. The lowest BCUT2D eigenvalue weighted by Gasteiger charge is -2.23. The van der Waals surface area contributed by atoms with Crippen molar-refractivity contribution in [1.29, 1.82) is 0 Å². The molecule has 0 aliphatic carbocycles. The largest absolute Gasteiger partial charge is 0.346 e. The Balaban J connectivity index is 2.01. The van der Waals surface area contributed by atoms with E-state index in [-0.39, 0.29) is 11.4 Å². The van der Waals surface area contributed by atoms with E-state index in [1.165, 1.54) is 0 Å². The van der Waals surface area contributed by atoms with E-state index in [4.69, 9.17) is 23.2 Å². The summed E-state index contributed by atoms with van der Waals surface area (Å²) in [6.45, 7) is 6.50. The first-order chi connectivity index (χ1) is 12.3. The number of benzene rings is 2. The van der Waals surface area contributed by atoms with Gasteiger partial charge in [0.2, 0.25) is 0 Å². The molecule has 26 heavy (non-hydrogen) atoms. The lowest BCUT2D eigenvalue weighted by Crippen LogP contribution is -2.43. The van der Waals surface area contributed by atoms with Gasteiger partial charge in [-0.2, -0.15) is 5.10 Å². The molecule has 6 heteroatoms. The van der Waals surface area contributed by atoms with Gasteiger partial charge in [-0.3, -0.25) is 9.48 Å². The van der Waals surface area contributed by atoms with Crippen LogP contribution in [0, 0.1) is 0 Å². The first kappa shape index (κ1) is 18.7. The van der Waals surface area contributed by atoms with Crippen molar-refractivity contribution in [2.75, 3.05) is 0 Å². The second kappa shape index (κ2) is 7.29. The maximum Gasteiger partial charge on any atom is 0.272 e. The van der Waals surface area contributed by atoms with Crippen LogP contribution in [0.1, 0.15) is 43.2 Å². The number of nitrogens with zero attached hydrogens (tertiary/aromatic N) is 2. The molecule has 0 atom stereocenters. The molecule has 1 heterocycles. The van der Waals surface area contributed by atoms with Gasteiger partial charge in [-0.05, 0) is 44.0 Å². The fourth-order valence-electron chi connectivity index (χ4n) is 2.68. The van der Waals surface area contributed by atoms with Gasteiger partial charge < -0.3 is 5.32 Å². The highest BCUT2D eigenvalue weighted by molar-refractivity contribution is 6.35. The van der Waals surface area contributed by atoms with Gasteiger partial charge in [-0.15, -0.1) is 0 Å². The summed E-state index contributed by atoms with van der Waals surface area (Å²) in [6.07, 6.45) is 0.831. The van der Waals surface area contributed by atoms with Crippen molar-refractivity contribution in [2.24, 2.45) is 0 Å². The molecule has 0 aliphatic heterocycles. The lowest BCUT2D eigenvalue weighted by atomic mass is 10.0. The van der Waals surface area contributed by atoms with E-state index in [0.29, 0.717) is 22.3 Å². The summed E-state index contributed by atoms with van der Waals surface area (Å²) in [5.74, 6) is -0.172. The topological polar surface area (TPSA) is 46.9 Å². The molecule has 3 aromatic rings. The van der Waals surface area contributed by atoms with Crippen molar-refractivity contribution < 1.29 is 4.79 Å². The quantitative estimate of drug-likeness (QED) is 0.642. The van der Waals surface area contributed by atoms with Gasteiger partial charge in [0, 0.05) is 21.0 Å². The summed E-state index contributed by atoms with van der Waals surface area (Å²) in [7, 11) is 0. The Morgan fingerprint density at radius 2 is 1.92 bits per heavy atom. The van der Waals surface area contributed by atoms with Crippen LogP contribution in [0.3, 0.4) is 0 Å². The molecule has 0 spiro atoms. The monoisotopic (exact) mass is 389 g/mol. The number of para-hydroxylation sites is 1. The van der Waals surface area contributed by atoms with Crippen LogP contribution in [0.15, 0.2) is 42.5 Å². The molecule has 0 unspecified atom stereocenters. The number of carbonyl (C=O) groups is 1. The van der Waals surface area contributed by atoms with Crippen LogP contribution in [0.25, 0.3) is 10.9 Å². The molecule has 0 fully saturated rings. The van der Waals surface area contributed by atoms with Crippen molar-refractivity contribution in [2.45, 2.75) is 39.3 Å². The average Bonchev–Trinajstić information content (AvgIpc) is 2.96. The zero-order valence-corrected chi connectivity index (χ0v) is 16.5. The SMILES string of the molecule is CCC(C)(C)NC(=O)c1nn(Cc2ccc(Cl)cc2Cl)c2ccccc12. The molecule has 0 saturated carbocycles. The third-order valence-corrected chi connectivity index (χ3v) is 5.13. The van der Waals surface area contributed by atoms with Gasteiger partial charge in [-0.25, -0.2) is 0 Å². The first-order valence-electron chi connectivity index (χ1n) is 8.53. The Hall–Kier alpha value is -2.04. The summed E-state index contributed by atoms with van der Waals surface area (Å²) in [4.78, 5) is 12.8. The van der Waals surface area contributed by atoms with E-state index in [2.05, 4.69) is 10.4 Å². The normalized spacial score (nSPS) is 11.7. The fourth-order valence-corrected chi connectivity index (χ4v) is 3.15. The van der Waals surface area contributed by atoms with E-state index in [1.54, 1.807) is 16.8 Å². The highest BCUT2D eigenvalue weighted by atomic mass is 35.5. The highest BCUT2D eigenvalue weighted by Gasteiger charge is 2.23. The van der Waals surface area contributed by atoms with Crippen LogP contribution in [-0.4, -0.2) is 21.2 Å². The number of fused-ring (bicyclic) bond motifs is 1. The molecule has 0 saturated heterocycles. The van der Waals surface area contributed by atoms with Crippen LogP contribution < -0.4 is 5.32 Å². The van der Waals surface area contributed by atoms with Gasteiger partial charge in [-0.1, -0.05) is 54.4 Å². The Morgan fingerprint density at radius 1 is 1.19 bits per heavy atom. The van der Waals surface area contributed by atoms with Gasteiger partial charge in [0.25, 0.3) is 5.91 Å². The summed E-state index contributed by atoms with van der Waals surface area (Å²) in [5.41, 5.74) is 1.91. The number of aromatic nitrogens is 2. The van der Waals surface area contributed by atoms with Crippen molar-refractivity contribution in [1.82, 2.24) is 15.1 Å². The van der Waals surface area contributed by atoms with Crippen LogP contribution in [0.4, 0.5) is 0 Å². The Labute approximate surface area is 163 Å². The predicted molar refractivity (Wildman–Crippen MR) is 107 cm³/mol. The minimum Gasteiger partial charge on any atom is -0.346 e.